The molecule has 1 atom stereocenters. The number of nitrogens with zero attached hydrogens (tertiary/aromatic N) is 3. The van der Waals surface area contributed by atoms with Crippen LogP contribution in [0.1, 0.15) is 35.5 Å². The molecule has 6 nitrogen and oxygen atoms in total. The molecular weight excluding hydrogens is 477 g/mol. The first-order valence-electron chi connectivity index (χ1n) is 9.89. The van der Waals surface area contributed by atoms with Gasteiger partial charge in [0.1, 0.15) is 5.75 Å². The van der Waals surface area contributed by atoms with Crippen LogP contribution >= 0.6 is 23.4 Å². The predicted octanol–water partition coefficient (Wildman–Crippen LogP) is 5.97. The highest BCUT2D eigenvalue weighted by molar-refractivity contribution is 7.99. The number of benzene rings is 2. The van der Waals surface area contributed by atoms with Gasteiger partial charge < -0.3 is 14.6 Å². The third kappa shape index (κ3) is 6.00. The smallest absolute Gasteiger partial charge is 0.418 e. The number of hydrogen-bond acceptors (Lipinski definition) is 5. The van der Waals surface area contributed by atoms with Crippen LogP contribution in [0.5, 0.6) is 5.75 Å². The van der Waals surface area contributed by atoms with Crippen LogP contribution in [0.3, 0.4) is 0 Å². The molecule has 0 bridgehead atoms. The van der Waals surface area contributed by atoms with Gasteiger partial charge in [0.05, 0.1) is 17.0 Å². The van der Waals surface area contributed by atoms with Gasteiger partial charge in [0.25, 0.3) is 0 Å². The first-order valence-corrected chi connectivity index (χ1v) is 11.2. The van der Waals surface area contributed by atoms with Crippen LogP contribution in [0.25, 0.3) is 0 Å². The molecule has 3 aromatic rings. The quantitative estimate of drug-likeness (QED) is 0.406. The number of ether oxygens (including phenoxy) is 1. The minimum atomic E-state index is -4.56. The summed E-state index contributed by atoms with van der Waals surface area (Å²) in [4.78, 5) is 12.3. The second-order valence-corrected chi connectivity index (χ2v) is 8.73. The number of nitrogens with one attached hydrogen (secondary N) is 1. The largest absolute Gasteiger partial charge is 0.483 e. The molecule has 0 radical (unpaired) electrons. The lowest BCUT2D eigenvalue weighted by Crippen LogP contribution is -2.18. The highest BCUT2D eigenvalue weighted by Crippen LogP contribution is 2.35. The summed E-state index contributed by atoms with van der Waals surface area (Å²) in [7, 11) is 1.73. The van der Waals surface area contributed by atoms with Crippen molar-refractivity contribution in [2.75, 3.05) is 11.1 Å². The lowest BCUT2D eigenvalue weighted by Gasteiger charge is -2.16. The standard InChI is InChI=1S/C22H22ClF3N4O2S/c1-12-9-15(10-13(2)19(12)23)32-14(3)20-28-29-21(30(20)4)33-11-18(31)27-17-8-6-5-7-16(17)22(24,25)26/h5-10,14H,11H2,1-4H3,(H,27,31). The van der Waals surface area contributed by atoms with Gasteiger partial charge in [-0.05, 0) is 56.2 Å². The zero-order valence-corrected chi connectivity index (χ0v) is 19.9. The molecule has 0 aliphatic rings. The number of alkyl halides is 3. The first kappa shape index (κ1) is 24.9. The summed E-state index contributed by atoms with van der Waals surface area (Å²) in [5.74, 6) is 0.452. The first-order chi connectivity index (χ1) is 15.5. The van der Waals surface area contributed by atoms with Gasteiger partial charge in [-0.3, -0.25) is 4.79 Å². The number of aryl methyl sites for hydroxylation is 2. The third-order valence-corrected chi connectivity index (χ3v) is 6.41. The number of amides is 1. The summed E-state index contributed by atoms with van der Waals surface area (Å²) in [6.07, 6.45) is -5.00. The second kappa shape index (κ2) is 10.0. The molecule has 1 unspecified atom stereocenters. The molecule has 1 aromatic heterocycles. The van der Waals surface area contributed by atoms with Gasteiger partial charge in [0.15, 0.2) is 17.1 Å². The van der Waals surface area contributed by atoms with Crippen LogP contribution in [-0.4, -0.2) is 26.4 Å². The molecule has 1 amide bonds. The fourth-order valence-corrected chi connectivity index (χ4v) is 4.02. The Balaban J connectivity index is 1.64. The Bertz CT molecular complexity index is 1140. The topological polar surface area (TPSA) is 69.0 Å². The summed E-state index contributed by atoms with van der Waals surface area (Å²) >= 11 is 7.26. The van der Waals surface area contributed by atoms with E-state index in [0.29, 0.717) is 21.8 Å². The Hall–Kier alpha value is -2.72. The van der Waals surface area contributed by atoms with Crippen LogP contribution in [-0.2, 0) is 18.0 Å². The van der Waals surface area contributed by atoms with Gasteiger partial charge in [-0.15, -0.1) is 10.2 Å². The molecule has 1 heterocycles. The van der Waals surface area contributed by atoms with E-state index in [-0.39, 0.29) is 11.4 Å². The van der Waals surface area contributed by atoms with E-state index in [2.05, 4.69) is 15.5 Å². The Labute approximate surface area is 198 Å². The van der Waals surface area contributed by atoms with Crippen LogP contribution in [0.15, 0.2) is 41.6 Å². The van der Waals surface area contributed by atoms with Gasteiger partial charge in [-0.25, -0.2) is 0 Å². The van der Waals surface area contributed by atoms with Crippen molar-refractivity contribution >= 4 is 35.0 Å². The van der Waals surface area contributed by atoms with E-state index in [0.717, 1.165) is 29.0 Å². The van der Waals surface area contributed by atoms with E-state index in [9.17, 15) is 18.0 Å². The van der Waals surface area contributed by atoms with Gasteiger partial charge in [0, 0.05) is 12.1 Å². The number of hydrogen-bond donors (Lipinski definition) is 1. The number of aromatic nitrogens is 3. The van der Waals surface area contributed by atoms with Crippen molar-refractivity contribution in [2.24, 2.45) is 7.05 Å². The zero-order chi connectivity index (χ0) is 24.3. The van der Waals surface area contributed by atoms with Crippen molar-refractivity contribution < 1.29 is 22.7 Å². The summed E-state index contributed by atoms with van der Waals surface area (Å²) < 4.78 is 47.0. The van der Waals surface area contributed by atoms with Gasteiger partial charge in [-0.1, -0.05) is 35.5 Å². The molecule has 11 heteroatoms. The van der Waals surface area contributed by atoms with Crippen molar-refractivity contribution in [2.45, 2.75) is 38.2 Å². The maximum absolute atomic E-state index is 13.1. The SMILES string of the molecule is Cc1cc(OC(C)c2nnc(SCC(=O)Nc3ccccc3C(F)(F)F)n2C)cc(C)c1Cl. The Morgan fingerprint density at radius 3 is 2.48 bits per heavy atom. The summed E-state index contributed by atoms with van der Waals surface area (Å²) in [5, 5.41) is 11.7. The lowest BCUT2D eigenvalue weighted by atomic mass is 10.1. The average Bonchev–Trinajstić information content (AvgIpc) is 3.10. The number of carbonyl (C=O) groups is 1. The third-order valence-electron chi connectivity index (χ3n) is 4.79. The Kier molecular flexibility index (Phi) is 7.58. The molecule has 0 aliphatic heterocycles. The summed E-state index contributed by atoms with van der Waals surface area (Å²) in [6.45, 7) is 5.60. The van der Waals surface area contributed by atoms with E-state index in [1.807, 2.05) is 32.9 Å². The molecule has 33 heavy (non-hydrogen) atoms. The maximum Gasteiger partial charge on any atom is 0.418 e. The van der Waals surface area contributed by atoms with Crippen molar-refractivity contribution in [1.29, 1.82) is 0 Å². The van der Waals surface area contributed by atoms with Crippen LogP contribution in [0, 0.1) is 13.8 Å². The molecule has 0 saturated heterocycles. The Morgan fingerprint density at radius 1 is 1.21 bits per heavy atom. The van der Waals surface area contributed by atoms with Crippen LogP contribution in [0.4, 0.5) is 18.9 Å². The molecule has 1 N–H and O–H groups in total. The zero-order valence-electron chi connectivity index (χ0n) is 18.3. The molecule has 0 saturated carbocycles. The van der Waals surface area contributed by atoms with Crippen molar-refractivity contribution in [3.8, 4) is 5.75 Å². The number of rotatable bonds is 7. The van der Waals surface area contributed by atoms with E-state index < -0.39 is 23.8 Å². The fourth-order valence-electron chi connectivity index (χ4n) is 3.19. The van der Waals surface area contributed by atoms with Gasteiger partial charge in [-0.2, -0.15) is 13.2 Å². The summed E-state index contributed by atoms with van der Waals surface area (Å²) in [6, 6.07) is 8.50. The fraction of sp³-hybridized carbons (Fsp3) is 0.318. The van der Waals surface area contributed by atoms with Crippen molar-refractivity contribution in [3.05, 3.63) is 63.9 Å². The summed E-state index contributed by atoms with van der Waals surface area (Å²) in [5.41, 5.74) is 0.602. The van der Waals surface area contributed by atoms with E-state index in [4.69, 9.17) is 16.3 Å². The minimum Gasteiger partial charge on any atom is -0.483 e. The monoisotopic (exact) mass is 498 g/mol. The highest BCUT2D eigenvalue weighted by Gasteiger charge is 2.33. The predicted molar refractivity (Wildman–Crippen MR) is 122 cm³/mol. The molecule has 0 fully saturated rings. The molecule has 0 spiro atoms. The van der Waals surface area contributed by atoms with Crippen molar-refractivity contribution in [3.63, 3.8) is 0 Å². The average molecular weight is 499 g/mol. The number of para-hydroxylation sites is 1. The number of carbonyl (C=O) groups excluding carboxylic acids is 1. The highest BCUT2D eigenvalue weighted by atomic mass is 35.5. The molecule has 2 aromatic carbocycles. The second-order valence-electron chi connectivity index (χ2n) is 7.41. The Morgan fingerprint density at radius 2 is 1.85 bits per heavy atom. The minimum absolute atomic E-state index is 0.136. The van der Waals surface area contributed by atoms with Gasteiger partial charge >= 0.3 is 6.18 Å². The molecule has 3 rings (SSSR count). The van der Waals surface area contributed by atoms with Crippen LogP contribution < -0.4 is 10.1 Å². The number of thioether (sulfide) groups is 1. The number of halogens is 4. The maximum atomic E-state index is 13.1. The van der Waals surface area contributed by atoms with E-state index in [1.54, 1.807) is 11.6 Å². The van der Waals surface area contributed by atoms with E-state index in [1.165, 1.54) is 18.2 Å². The van der Waals surface area contributed by atoms with Gasteiger partial charge in [0.2, 0.25) is 5.91 Å². The van der Waals surface area contributed by atoms with Crippen LogP contribution in [0.2, 0.25) is 5.02 Å². The van der Waals surface area contributed by atoms with Crippen molar-refractivity contribution in [1.82, 2.24) is 14.8 Å². The molecular formula is C22H22ClF3N4O2S. The number of anilines is 1. The van der Waals surface area contributed by atoms with E-state index >= 15 is 0 Å². The molecule has 0 aliphatic carbocycles. The molecule has 176 valence electrons. The normalized spacial score (nSPS) is 12.5. The lowest BCUT2D eigenvalue weighted by molar-refractivity contribution is -0.137.